The van der Waals surface area contributed by atoms with Crippen LogP contribution in [0.2, 0.25) is 5.02 Å². The summed E-state index contributed by atoms with van der Waals surface area (Å²) in [7, 11) is 1.47. The lowest BCUT2D eigenvalue weighted by molar-refractivity contribution is -0.134. The first-order valence-electron chi connectivity index (χ1n) is 11.0. The third-order valence-electron chi connectivity index (χ3n) is 5.08. The molecule has 0 saturated heterocycles. The van der Waals surface area contributed by atoms with Gasteiger partial charge in [0.25, 0.3) is 5.91 Å². The van der Waals surface area contributed by atoms with Crippen LogP contribution >= 0.6 is 11.6 Å². The number of amides is 2. The van der Waals surface area contributed by atoms with Gasteiger partial charge in [0.15, 0.2) is 5.82 Å². The van der Waals surface area contributed by atoms with E-state index >= 15 is 0 Å². The minimum Gasteiger partial charge on any atom is -0.495 e. The van der Waals surface area contributed by atoms with E-state index in [2.05, 4.69) is 10.4 Å². The summed E-state index contributed by atoms with van der Waals surface area (Å²) in [5.74, 6) is 0.0966. The van der Waals surface area contributed by atoms with Crippen molar-refractivity contribution in [3.63, 3.8) is 0 Å². The van der Waals surface area contributed by atoms with Gasteiger partial charge in [-0.15, -0.1) is 0 Å². The van der Waals surface area contributed by atoms with Gasteiger partial charge in [0.1, 0.15) is 34.0 Å². The molecule has 2 N–H and O–H groups in total. The minimum absolute atomic E-state index is 0.0479. The standard InChI is InChI=1S/C24H30ClFN4O5/c1-23(2,26)12-16(22(32)27-19-9-10-29(28-19)14-24(3,4)33)30-13-15(11-20(30)31)35-18-8-6-7-17(34-5)21(18)25/h6-11,16,33H,12-14H2,1-5H3,(H,27,28,32). The zero-order chi connectivity index (χ0) is 26.0. The van der Waals surface area contributed by atoms with Crippen molar-refractivity contribution in [2.45, 2.75) is 58.0 Å². The number of methoxy groups -OCH3 is 1. The number of hydrogen-bond acceptors (Lipinski definition) is 6. The molecule has 0 spiro atoms. The number of anilines is 1. The summed E-state index contributed by atoms with van der Waals surface area (Å²) in [6.45, 7) is 6.12. The van der Waals surface area contributed by atoms with Gasteiger partial charge in [-0.2, -0.15) is 5.10 Å². The average molecular weight is 509 g/mol. The minimum atomic E-state index is -1.73. The van der Waals surface area contributed by atoms with E-state index in [-0.39, 0.29) is 41.9 Å². The summed E-state index contributed by atoms with van der Waals surface area (Å²) in [5, 5.41) is 17.1. The summed E-state index contributed by atoms with van der Waals surface area (Å²) in [6.07, 6.45) is 2.61. The Morgan fingerprint density at radius 2 is 1.97 bits per heavy atom. The molecule has 1 aromatic heterocycles. The Morgan fingerprint density at radius 3 is 2.60 bits per heavy atom. The number of carbonyl (C=O) groups is 2. The number of hydrogen-bond donors (Lipinski definition) is 2. The number of ether oxygens (including phenoxy) is 2. The third kappa shape index (κ3) is 7.19. The predicted molar refractivity (Wildman–Crippen MR) is 129 cm³/mol. The molecule has 3 rings (SSSR count). The van der Waals surface area contributed by atoms with Gasteiger partial charge in [-0.3, -0.25) is 14.3 Å². The zero-order valence-corrected chi connectivity index (χ0v) is 21.1. The summed E-state index contributed by atoms with van der Waals surface area (Å²) in [4.78, 5) is 27.2. The molecule has 2 heterocycles. The van der Waals surface area contributed by atoms with Crippen molar-refractivity contribution in [3.8, 4) is 11.5 Å². The van der Waals surface area contributed by atoms with Crippen molar-refractivity contribution in [2.24, 2.45) is 0 Å². The van der Waals surface area contributed by atoms with Crippen LogP contribution in [0, 0.1) is 0 Å². The van der Waals surface area contributed by atoms with E-state index in [1.807, 2.05) is 0 Å². The van der Waals surface area contributed by atoms with Crippen LogP contribution in [0.4, 0.5) is 10.2 Å². The Kier molecular flexibility index (Phi) is 7.76. The van der Waals surface area contributed by atoms with Crippen LogP contribution in [0.1, 0.15) is 34.1 Å². The molecule has 0 bridgehead atoms. The summed E-state index contributed by atoms with van der Waals surface area (Å²) in [5.41, 5.74) is -2.73. The zero-order valence-electron chi connectivity index (χ0n) is 20.3. The maximum Gasteiger partial charge on any atom is 0.251 e. The number of nitrogens with zero attached hydrogens (tertiary/aromatic N) is 3. The van der Waals surface area contributed by atoms with E-state index in [4.69, 9.17) is 21.1 Å². The van der Waals surface area contributed by atoms with E-state index < -0.39 is 29.1 Å². The first-order valence-corrected chi connectivity index (χ1v) is 11.4. The van der Waals surface area contributed by atoms with Crippen LogP contribution in [0.3, 0.4) is 0 Å². The Balaban J connectivity index is 1.75. The second-order valence-corrected chi connectivity index (χ2v) is 9.97. The first-order chi connectivity index (χ1) is 16.3. The van der Waals surface area contributed by atoms with Crippen molar-refractivity contribution in [1.29, 1.82) is 0 Å². The van der Waals surface area contributed by atoms with Crippen molar-refractivity contribution in [1.82, 2.24) is 14.7 Å². The summed E-state index contributed by atoms with van der Waals surface area (Å²) in [6, 6.07) is 5.42. The normalized spacial score (nSPS) is 15.1. The number of alkyl halides is 1. The number of halogens is 2. The molecule has 0 aliphatic carbocycles. The lowest BCUT2D eigenvalue weighted by Gasteiger charge is -2.30. The predicted octanol–water partition coefficient (Wildman–Crippen LogP) is 3.57. The van der Waals surface area contributed by atoms with Gasteiger partial charge in [-0.05, 0) is 39.8 Å². The molecule has 1 aromatic carbocycles. The maximum absolute atomic E-state index is 14.6. The molecule has 1 atom stereocenters. The quantitative estimate of drug-likeness (QED) is 0.508. The van der Waals surface area contributed by atoms with Gasteiger partial charge in [0, 0.05) is 24.8 Å². The van der Waals surface area contributed by atoms with Crippen LogP contribution in [0.5, 0.6) is 11.5 Å². The van der Waals surface area contributed by atoms with Gasteiger partial charge >= 0.3 is 0 Å². The molecule has 0 fully saturated rings. The van der Waals surface area contributed by atoms with E-state index in [0.717, 1.165) is 0 Å². The van der Waals surface area contributed by atoms with Crippen molar-refractivity contribution in [3.05, 3.63) is 47.3 Å². The summed E-state index contributed by atoms with van der Waals surface area (Å²) < 4.78 is 27.1. The van der Waals surface area contributed by atoms with Crippen LogP contribution in [-0.2, 0) is 16.1 Å². The Labute approximate surface area is 208 Å². The van der Waals surface area contributed by atoms with E-state index in [1.165, 1.54) is 36.6 Å². The molecule has 190 valence electrons. The van der Waals surface area contributed by atoms with Crippen LogP contribution in [0.15, 0.2) is 42.3 Å². The van der Waals surface area contributed by atoms with Crippen molar-refractivity contribution in [2.75, 3.05) is 19.0 Å². The van der Waals surface area contributed by atoms with E-state index in [1.54, 1.807) is 44.3 Å². The highest BCUT2D eigenvalue weighted by Gasteiger charge is 2.38. The van der Waals surface area contributed by atoms with Gasteiger partial charge in [0.2, 0.25) is 5.91 Å². The number of aliphatic hydroxyl groups is 1. The number of rotatable bonds is 10. The molecular formula is C24H30ClFN4O5. The fraction of sp³-hybridized carbons (Fsp3) is 0.458. The third-order valence-corrected chi connectivity index (χ3v) is 5.45. The average Bonchev–Trinajstić information content (AvgIpc) is 3.31. The van der Waals surface area contributed by atoms with Gasteiger partial charge in [0.05, 0.1) is 25.8 Å². The molecule has 1 aliphatic rings. The van der Waals surface area contributed by atoms with Gasteiger partial charge in [-0.25, -0.2) is 4.39 Å². The largest absolute Gasteiger partial charge is 0.495 e. The summed E-state index contributed by atoms with van der Waals surface area (Å²) >= 11 is 6.28. The number of aromatic nitrogens is 2. The lowest BCUT2D eigenvalue weighted by Crippen LogP contribution is -2.48. The molecule has 11 heteroatoms. The molecular weight excluding hydrogens is 479 g/mol. The Bertz CT molecular complexity index is 1120. The molecule has 9 nitrogen and oxygen atoms in total. The molecule has 1 aliphatic heterocycles. The number of nitrogens with one attached hydrogen (secondary N) is 1. The molecule has 2 amide bonds. The molecule has 35 heavy (non-hydrogen) atoms. The monoisotopic (exact) mass is 508 g/mol. The molecule has 1 unspecified atom stereocenters. The van der Waals surface area contributed by atoms with Crippen LogP contribution in [0.25, 0.3) is 0 Å². The van der Waals surface area contributed by atoms with E-state index in [9.17, 15) is 19.1 Å². The number of carbonyl (C=O) groups excluding carboxylic acids is 2. The Hall–Kier alpha value is -3.11. The highest BCUT2D eigenvalue weighted by atomic mass is 35.5. The second-order valence-electron chi connectivity index (χ2n) is 9.59. The second kappa shape index (κ2) is 10.2. The molecule has 2 aromatic rings. The molecule has 0 radical (unpaired) electrons. The lowest BCUT2D eigenvalue weighted by atomic mass is 9.99. The SMILES string of the molecule is COc1cccc(OC2=CC(=O)N(C(CC(C)(C)F)C(=O)Nc3ccn(CC(C)(C)O)n3)C2)c1Cl. The van der Waals surface area contributed by atoms with Gasteiger partial charge in [-0.1, -0.05) is 17.7 Å². The van der Waals surface area contributed by atoms with Crippen molar-refractivity contribution >= 4 is 29.2 Å². The number of benzene rings is 1. The van der Waals surface area contributed by atoms with Gasteiger partial charge < -0.3 is 24.8 Å². The fourth-order valence-electron chi connectivity index (χ4n) is 3.63. The first kappa shape index (κ1) is 26.5. The highest BCUT2D eigenvalue weighted by molar-refractivity contribution is 6.33. The molecule has 0 saturated carbocycles. The van der Waals surface area contributed by atoms with Crippen LogP contribution < -0.4 is 14.8 Å². The highest BCUT2D eigenvalue weighted by Crippen LogP contribution is 2.35. The van der Waals surface area contributed by atoms with E-state index in [0.29, 0.717) is 5.75 Å². The maximum atomic E-state index is 14.6. The Morgan fingerprint density at radius 1 is 1.29 bits per heavy atom. The topological polar surface area (TPSA) is 106 Å². The van der Waals surface area contributed by atoms with Crippen molar-refractivity contribution < 1.29 is 28.6 Å². The smallest absolute Gasteiger partial charge is 0.251 e. The van der Waals surface area contributed by atoms with Crippen LogP contribution in [-0.4, -0.2) is 62.6 Å². The fourth-order valence-corrected chi connectivity index (χ4v) is 3.87.